The summed E-state index contributed by atoms with van der Waals surface area (Å²) in [4.78, 5) is 11.7. The van der Waals surface area contributed by atoms with Gasteiger partial charge in [0, 0.05) is 32.7 Å². The lowest BCUT2D eigenvalue weighted by Gasteiger charge is -2.24. The van der Waals surface area contributed by atoms with E-state index in [9.17, 15) is 13.2 Å². The molecule has 1 N–H and O–H groups in total. The lowest BCUT2D eigenvalue weighted by atomic mass is 10.2. The second-order valence-corrected chi connectivity index (χ2v) is 8.71. The summed E-state index contributed by atoms with van der Waals surface area (Å²) in [7, 11) is -1.84. The Morgan fingerprint density at radius 1 is 1.41 bits per heavy atom. The molecule has 1 atom stereocenters. The van der Waals surface area contributed by atoms with Crippen LogP contribution in [0.25, 0.3) is 0 Å². The molecule has 1 aliphatic heterocycles. The van der Waals surface area contributed by atoms with E-state index in [0.717, 1.165) is 12.8 Å². The highest BCUT2D eigenvalue weighted by Crippen LogP contribution is 2.17. The van der Waals surface area contributed by atoms with Gasteiger partial charge in [0.05, 0.1) is 0 Å². The van der Waals surface area contributed by atoms with Crippen LogP contribution in [0.3, 0.4) is 0 Å². The molecule has 0 radical (unpaired) electrons. The van der Waals surface area contributed by atoms with Gasteiger partial charge in [0.2, 0.25) is 0 Å². The first-order valence-corrected chi connectivity index (χ1v) is 9.17. The van der Waals surface area contributed by atoms with E-state index < -0.39 is 21.9 Å². The largest absolute Gasteiger partial charge is 0.444 e. The van der Waals surface area contributed by atoms with Crippen molar-refractivity contribution < 1.29 is 17.9 Å². The quantitative estimate of drug-likeness (QED) is 0.799. The molecule has 0 aromatic heterocycles. The van der Waals surface area contributed by atoms with E-state index in [-0.39, 0.29) is 12.6 Å². The van der Waals surface area contributed by atoms with Crippen LogP contribution in [-0.4, -0.2) is 61.4 Å². The number of ether oxygens (including phenoxy) is 1. The number of carbonyl (C=O) groups excluding carboxylic acids is 1. The summed E-state index contributed by atoms with van der Waals surface area (Å²) < 4.78 is 32.8. The molecule has 0 aliphatic carbocycles. The maximum Gasteiger partial charge on any atom is 0.407 e. The van der Waals surface area contributed by atoms with Gasteiger partial charge in [0.15, 0.2) is 0 Å². The van der Waals surface area contributed by atoms with Crippen molar-refractivity contribution in [3.8, 4) is 0 Å². The van der Waals surface area contributed by atoms with E-state index in [2.05, 4.69) is 5.32 Å². The van der Waals surface area contributed by atoms with Gasteiger partial charge in [-0.05, 0) is 33.6 Å². The number of amides is 1. The third-order valence-electron chi connectivity index (χ3n) is 3.42. The molecule has 1 heterocycles. The first-order chi connectivity index (χ1) is 10.1. The van der Waals surface area contributed by atoms with E-state index in [4.69, 9.17) is 4.74 Å². The van der Waals surface area contributed by atoms with Crippen molar-refractivity contribution in [1.29, 1.82) is 0 Å². The Labute approximate surface area is 134 Å². The second-order valence-electron chi connectivity index (χ2n) is 6.67. The highest BCUT2D eigenvalue weighted by molar-refractivity contribution is 7.86. The topological polar surface area (TPSA) is 79.0 Å². The molecule has 8 heteroatoms. The number of nitrogens with one attached hydrogen (secondary N) is 1. The predicted molar refractivity (Wildman–Crippen MR) is 85.8 cm³/mol. The van der Waals surface area contributed by atoms with E-state index >= 15 is 0 Å². The summed E-state index contributed by atoms with van der Waals surface area (Å²) in [5.74, 6) is 0. The monoisotopic (exact) mass is 335 g/mol. The summed E-state index contributed by atoms with van der Waals surface area (Å²) in [6.45, 7) is 8.62. The van der Waals surface area contributed by atoms with Crippen LogP contribution in [0.2, 0.25) is 0 Å². The van der Waals surface area contributed by atoms with Crippen LogP contribution >= 0.6 is 0 Å². The summed E-state index contributed by atoms with van der Waals surface area (Å²) in [6.07, 6.45) is 1.88. The molecule has 1 fully saturated rings. The fourth-order valence-electron chi connectivity index (χ4n) is 2.22. The van der Waals surface area contributed by atoms with Crippen molar-refractivity contribution >= 4 is 16.3 Å². The molecule has 1 aliphatic rings. The van der Waals surface area contributed by atoms with E-state index in [1.807, 2.05) is 6.92 Å². The molecule has 0 saturated carbocycles. The smallest absolute Gasteiger partial charge is 0.407 e. The minimum atomic E-state index is -3.44. The van der Waals surface area contributed by atoms with Crippen LogP contribution in [0.1, 0.15) is 47.0 Å². The van der Waals surface area contributed by atoms with Crippen molar-refractivity contribution in [2.24, 2.45) is 0 Å². The number of unbranched alkanes of at least 4 members (excludes halogenated alkanes) is 1. The zero-order chi connectivity index (χ0) is 17.0. The number of rotatable bonds is 6. The zero-order valence-electron chi connectivity index (χ0n) is 14.3. The minimum Gasteiger partial charge on any atom is -0.444 e. The first kappa shape index (κ1) is 19.2. The SMILES string of the molecule is CCCCN(C)S(=O)(=O)N1CCC(NC(=O)OC(C)(C)C)C1. The molecule has 22 heavy (non-hydrogen) atoms. The predicted octanol–water partition coefficient (Wildman–Crippen LogP) is 1.56. The molecule has 1 amide bonds. The van der Waals surface area contributed by atoms with E-state index in [0.29, 0.717) is 19.5 Å². The van der Waals surface area contributed by atoms with Gasteiger partial charge >= 0.3 is 6.09 Å². The van der Waals surface area contributed by atoms with Crippen LogP contribution < -0.4 is 5.32 Å². The molecule has 0 spiro atoms. The van der Waals surface area contributed by atoms with E-state index in [1.54, 1.807) is 27.8 Å². The van der Waals surface area contributed by atoms with Gasteiger partial charge in [-0.3, -0.25) is 0 Å². The maximum absolute atomic E-state index is 12.4. The van der Waals surface area contributed by atoms with Crippen molar-refractivity contribution in [3.05, 3.63) is 0 Å². The third-order valence-corrected chi connectivity index (χ3v) is 5.37. The van der Waals surface area contributed by atoms with Crippen LogP contribution in [0.5, 0.6) is 0 Å². The molecule has 0 aromatic rings. The number of hydrogen-bond donors (Lipinski definition) is 1. The Bertz CT molecular complexity index is 473. The molecule has 1 rings (SSSR count). The number of alkyl carbamates (subject to hydrolysis) is 1. The normalized spacial score (nSPS) is 20.4. The average molecular weight is 335 g/mol. The van der Waals surface area contributed by atoms with Gasteiger partial charge in [-0.1, -0.05) is 13.3 Å². The van der Waals surface area contributed by atoms with Crippen molar-refractivity contribution in [2.75, 3.05) is 26.7 Å². The molecular formula is C14H29N3O4S. The summed E-state index contributed by atoms with van der Waals surface area (Å²) in [6, 6.07) is -0.204. The number of nitrogens with zero attached hydrogens (tertiary/aromatic N) is 2. The Morgan fingerprint density at radius 2 is 2.05 bits per heavy atom. The number of carbonyl (C=O) groups is 1. The summed E-state index contributed by atoms with van der Waals surface area (Å²) in [5.41, 5.74) is -0.561. The van der Waals surface area contributed by atoms with Gasteiger partial charge in [0.25, 0.3) is 10.2 Å². The first-order valence-electron chi connectivity index (χ1n) is 7.77. The standard InChI is InChI=1S/C14H29N3O4S/c1-6-7-9-16(5)22(19,20)17-10-8-12(11-17)15-13(18)21-14(2,3)4/h12H,6-11H2,1-5H3,(H,15,18). The highest BCUT2D eigenvalue weighted by Gasteiger charge is 2.35. The van der Waals surface area contributed by atoms with Gasteiger partial charge < -0.3 is 10.1 Å². The molecule has 0 bridgehead atoms. The van der Waals surface area contributed by atoms with Crippen LogP contribution in [0, 0.1) is 0 Å². The molecule has 0 aromatic carbocycles. The lowest BCUT2D eigenvalue weighted by molar-refractivity contribution is 0.0507. The Balaban J connectivity index is 2.53. The highest BCUT2D eigenvalue weighted by atomic mass is 32.2. The third kappa shape index (κ3) is 5.73. The minimum absolute atomic E-state index is 0.204. The van der Waals surface area contributed by atoms with Crippen molar-refractivity contribution in [1.82, 2.24) is 13.9 Å². The van der Waals surface area contributed by atoms with Gasteiger partial charge in [-0.2, -0.15) is 17.0 Å². The Kier molecular flexibility index (Phi) is 6.64. The summed E-state index contributed by atoms with van der Waals surface area (Å²) >= 11 is 0. The fourth-order valence-corrected chi connectivity index (χ4v) is 3.68. The molecule has 7 nitrogen and oxygen atoms in total. The lowest BCUT2D eigenvalue weighted by Crippen LogP contribution is -2.44. The molecule has 130 valence electrons. The molecular weight excluding hydrogens is 306 g/mol. The van der Waals surface area contributed by atoms with Crippen LogP contribution in [0.4, 0.5) is 4.79 Å². The van der Waals surface area contributed by atoms with Crippen molar-refractivity contribution in [3.63, 3.8) is 0 Å². The Morgan fingerprint density at radius 3 is 2.59 bits per heavy atom. The summed E-state index contributed by atoms with van der Waals surface area (Å²) in [5, 5.41) is 2.73. The Hall–Kier alpha value is -0.860. The second kappa shape index (κ2) is 7.61. The van der Waals surface area contributed by atoms with Crippen molar-refractivity contribution in [2.45, 2.75) is 58.6 Å². The van der Waals surface area contributed by atoms with Gasteiger partial charge in [-0.25, -0.2) is 4.79 Å². The fraction of sp³-hybridized carbons (Fsp3) is 0.929. The molecule has 1 saturated heterocycles. The van der Waals surface area contributed by atoms with Crippen LogP contribution in [-0.2, 0) is 14.9 Å². The number of hydrogen-bond acceptors (Lipinski definition) is 4. The van der Waals surface area contributed by atoms with E-state index in [1.165, 1.54) is 8.61 Å². The molecule has 1 unspecified atom stereocenters. The van der Waals surface area contributed by atoms with Crippen LogP contribution in [0.15, 0.2) is 0 Å². The maximum atomic E-state index is 12.4. The zero-order valence-corrected chi connectivity index (χ0v) is 15.1. The van der Waals surface area contributed by atoms with Gasteiger partial charge in [-0.15, -0.1) is 0 Å². The van der Waals surface area contributed by atoms with Gasteiger partial charge in [0.1, 0.15) is 5.60 Å². The average Bonchev–Trinajstić information content (AvgIpc) is 2.82.